The van der Waals surface area contributed by atoms with Crippen molar-refractivity contribution in [1.82, 2.24) is 0 Å². The van der Waals surface area contributed by atoms with Crippen LogP contribution >= 0.6 is 15.9 Å². The molecule has 0 N–H and O–H groups in total. The van der Waals surface area contributed by atoms with E-state index in [1.807, 2.05) is 24.3 Å². The van der Waals surface area contributed by atoms with Crippen LogP contribution in [0.5, 0.6) is 5.75 Å². The van der Waals surface area contributed by atoms with Gasteiger partial charge in [-0.2, -0.15) is 5.26 Å². The van der Waals surface area contributed by atoms with Gasteiger partial charge in [0.25, 0.3) is 0 Å². The Morgan fingerprint density at radius 3 is 2.75 bits per heavy atom. The maximum atomic E-state index is 12.3. The summed E-state index contributed by atoms with van der Waals surface area (Å²) in [5.41, 5.74) is 1.35. The standard InChI is InChI=1S/C15H12BrNO2S/c1-19-15-7-11(5-6-12(15)9-17)10-20(18)14-4-2-3-13(16)8-14/h2-8H,10H2,1H3. The van der Waals surface area contributed by atoms with E-state index in [4.69, 9.17) is 10.00 Å². The molecule has 0 aromatic heterocycles. The maximum absolute atomic E-state index is 12.3. The third-order valence-corrected chi connectivity index (χ3v) is 4.61. The molecule has 2 rings (SSSR count). The summed E-state index contributed by atoms with van der Waals surface area (Å²) in [6.07, 6.45) is 0. The summed E-state index contributed by atoms with van der Waals surface area (Å²) in [5.74, 6) is 0.898. The average molecular weight is 350 g/mol. The van der Waals surface area contributed by atoms with E-state index in [2.05, 4.69) is 22.0 Å². The summed E-state index contributed by atoms with van der Waals surface area (Å²) in [4.78, 5) is 0.766. The van der Waals surface area contributed by atoms with Crippen molar-refractivity contribution in [2.75, 3.05) is 7.11 Å². The zero-order valence-electron chi connectivity index (χ0n) is 10.8. The van der Waals surface area contributed by atoms with E-state index in [1.54, 1.807) is 18.2 Å². The normalized spacial score (nSPS) is 11.7. The van der Waals surface area contributed by atoms with Gasteiger partial charge in [0.2, 0.25) is 0 Å². The molecule has 5 heteroatoms. The summed E-state index contributed by atoms with van der Waals surface area (Å²) in [7, 11) is 0.387. The van der Waals surface area contributed by atoms with Crippen molar-refractivity contribution >= 4 is 26.7 Å². The van der Waals surface area contributed by atoms with Crippen molar-refractivity contribution in [2.45, 2.75) is 10.6 Å². The molecule has 0 aliphatic carbocycles. The van der Waals surface area contributed by atoms with Crippen molar-refractivity contribution < 1.29 is 8.95 Å². The first-order chi connectivity index (χ1) is 9.63. The number of nitriles is 1. The second-order valence-corrected chi connectivity index (χ2v) is 6.46. The van der Waals surface area contributed by atoms with Crippen LogP contribution in [0.2, 0.25) is 0 Å². The summed E-state index contributed by atoms with van der Waals surface area (Å²) in [6.45, 7) is 0. The van der Waals surface area contributed by atoms with Crippen LogP contribution in [-0.4, -0.2) is 11.3 Å². The molecule has 2 aromatic rings. The molecule has 2 aromatic carbocycles. The van der Waals surface area contributed by atoms with E-state index in [1.165, 1.54) is 7.11 Å². The van der Waals surface area contributed by atoms with Crippen LogP contribution in [-0.2, 0) is 16.6 Å². The van der Waals surface area contributed by atoms with Crippen LogP contribution in [0.25, 0.3) is 0 Å². The quantitative estimate of drug-likeness (QED) is 0.846. The number of hydrogen-bond acceptors (Lipinski definition) is 3. The van der Waals surface area contributed by atoms with Gasteiger partial charge in [-0.1, -0.05) is 28.1 Å². The van der Waals surface area contributed by atoms with Crippen LogP contribution in [0.3, 0.4) is 0 Å². The van der Waals surface area contributed by atoms with Crippen LogP contribution < -0.4 is 4.74 Å². The maximum Gasteiger partial charge on any atom is 0.136 e. The van der Waals surface area contributed by atoms with Gasteiger partial charge in [-0.3, -0.25) is 4.21 Å². The largest absolute Gasteiger partial charge is 0.495 e. The van der Waals surface area contributed by atoms with Gasteiger partial charge < -0.3 is 4.74 Å². The van der Waals surface area contributed by atoms with E-state index in [-0.39, 0.29) is 0 Å². The topological polar surface area (TPSA) is 50.1 Å². The molecule has 0 saturated heterocycles. The Labute approximate surface area is 128 Å². The lowest BCUT2D eigenvalue weighted by atomic mass is 10.1. The fourth-order valence-corrected chi connectivity index (χ4v) is 3.45. The van der Waals surface area contributed by atoms with Gasteiger partial charge in [-0.15, -0.1) is 0 Å². The number of hydrogen-bond donors (Lipinski definition) is 0. The van der Waals surface area contributed by atoms with Crippen molar-refractivity contribution in [3.05, 3.63) is 58.1 Å². The molecule has 102 valence electrons. The van der Waals surface area contributed by atoms with E-state index in [0.717, 1.165) is 14.9 Å². The molecule has 0 bridgehead atoms. The summed E-state index contributed by atoms with van der Waals surface area (Å²) < 4.78 is 18.4. The zero-order valence-corrected chi connectivity index (χ0v) is 13.2. The average Bonchev–Trinajstić information content (AvgIpc) is 2.47. The number of rotatable bonds is 4. The van der Waals surface area contributed by atoms with Crippen molar-refractivity contribution in [1.29, 1.82) is 5.26 Å². The van der Waals surface area contributed by atoms with Gasteiger partial charge in [-0.25, -0.2) is 0 Å². The predicted molar refractivity (Wildman–Crippen MR) is 82.0 cm³/mol. The van der Waals surface area contributed by atoms with E-state index < -0.39 is 10.8 Å². The molecule has 3 nitrogen and oxygen atoms in total. The Kier molecular flexibility index (Phi) is 4.94. The number of ether oxygens (including phenoxy) is 1. The predicted octanol–water partition coefficient (Wildman–Crippen LogP) is 3.64. The highest BCUT2D eigenvalue weighted by Gasteiger charge is 2.09. The fourth-order valence-electron chi connectivity index (χ4n) is 1.76. The Morgan fingerprint density at radius 2 is 2.10 bits per heavy atom. The summed E-state index contributed by atoms with van der Waals surface area (Å²) >= 11 is 3.37. The molecule has 0 fully saturated rings. The van der Waals surface area contributed by atoms with Crippen molar-refractivity contribution in [3.8, 4) is 11.8 Å². The third-order valence-electron chi connectivity index (χ3n) is 2.74. The fraction of sp³-hybridized carbons (Fsp3) is 0.133. The highest BCUT2D eigenvalue weighted by atomic mass is 79.9. The molecule has 0 radical (unpaired) electrons. The molecule has 0 saturated carbocycles. The second-order valence-electron chi connectivity index (χ2n) is 4.09. The minimum absolute atomic E-state index is 0.387. The van der Waals surface area contributed by atoms with Crippen LogP contribution in [0.1, 0.15) is 11.1 Å². The first-order valence-corrected chi connectivity index (χ1v) is 7.96. The highest BCUT2D eigenvalue weighted by Crippen LogP contribution is 2.22. The first-order valence-electron chi connectivity index (χ1n) is 5.85. The SMILES string of the molecule is COc1cc(CS(=O)c2cccc(Br)c2)ccc1C#N. The lowest BCUT2D eigenvalue weighted by Crippen LogP contribution is -1.98. The monoisotopic (exact) mass is 349 g/mol. The van der Waals surface area contributed by atoms with Gasteiger partial charge in [0.15, 0.2) is 0 Å². The van der Waals surface area contributed by atoms with Gasteiger partial charge >= 0.3 is 0 Å². The minimum Gasteiger partial charge on any atom is -0.495 e. The Bertz CT molecular complexity index is 695. The first kappa shape index (κ1) is 14.8. The number of methoxy groups -OCH3 is 1. The molecule has 0 amide bonds. The number of nitrogens with zero attached hydrogens (tertiary/aromatic N) is 1. The Balaban J connectivity index is 2.22. The molecule has 0 spiro atoms. The van der Waals surface area contributed by atoms with E-state index >= 15 is 0 Å². The molecule has 20 heavy (non-hydrogen) atoms. The Morgan fingerprint density at radius 1 is 1.30 bits per heavy atom. The third kappa shape index (κ3) is 3.47. The number of benzene rings is 2. The molecule has 1 unspecified atom stereocenters. The van der Waals surface area contributed by atoms with E-state index in [0.29, 0.717) is 17.1 Å². The van der Waals surface area contributed by atoms with E-state index in [9.17, 15) is 4.21 Å². The summed E-state index contributed by atoms with van der Waals surface area (Å²) in [5, 5.41) is 8.94. The lowest BCUT2D eigenvalue weighted by molar-refractivity contribution is 0.413. The van der Waals surface area contributed by atoms with Crippen molar-refractivity contribution in [3.63, 3.8) is 0 Å². The van der Waals surface area contributed by atoms with Gasteiger partial charge in [-0.05, 0) is 35.9 Å². The molecule has 0 aliphatic rings. The van der Waals surface area contributed by atoms with Gasteiger partial charge in [0.1, 0.15) is 11.8 Å². The molecule has 0 heterocycles. The molecule has 0 aliphatic heterocycles. The smallest absolute Gasteiger partial charge is 0.136 e. The summed E-state index contributed by atoms with van der Waals surface area (Å²) in [6, 6.07) is 14.7. The van der Waals surface area contributed by atoms with Crippen molar-refractivity contribution in [2.24, 2.45) is 0 Å². The molecular weight excluding hydrogens is 338 g/mol. The van der Waals surface area contributed by atoms with Crippen LogP contribution in [0.15, 0.2) is 51.8 Å². The highest BCUT2D eigenvalue weighted by molar-refractivity contribution is 9.10. The Hall–Kier alpha value is -1.64. The number of halogens is 1. The lowest BCUT2D eigenvalue weighted by Gasteiger charge is -2.07. The van der Waals surface area contributed by atoms with Gasteiger partial charge in [0.05, 0.1) is 29.2 Å². The van der Waals surface area contributed by atoms with Gasteiger partial charge in [0, 0.05) is 9.37 Å². The van der Waals surface area contributed by atoms with Crippen LogP contribution in [0.4, 0.5) is 0 Å². The molecular formula is C15H12BrNO2S. The zero-order chi connectivity index (χ0) is 14.5. The second kappa shape index (κ2) is 6.69. The minimum atomic E-state index is -1.13. The van der Waals surface area contributed by atoms with Crippen LogP contribution in [0, 0.1) is 11.3 Å². The molecule has 1 atom stereocenters.